The summed E-state index contributed by atoms with van der Waals surface area (Å²) in [7, 11) is 0. The molecular formula is C23H20N4O4S. The molecule has 162 valence electrons. The first-order chi connectivity index (χ1) is 15.3. The summed E-state index contributed by atoms with van der Waals surface area (Å²) in [5.74, 6) is -1.30. The van der Waals surface area contributed by atoms with Crippen molar-refractivity contribution in [2.24, 2.45) is 5.92 Å². The zero-order chi connectivity index (χ0) is 22.8. The summed E-state index contributed by atoms with van der Waals surface area (Å²) in [6.07, 6.45) is 1.60. The van der Waals surface area contributed by atoms with Gasteiger partial charge in [-0.25, -0.2) is 4.98 Å². The monoisotopic (exact) mass is 448 g/mol. The van der Waals surface area contributed by atoms with Crippen LogP contribution in [0.25, 0.3) is 0 Å². The molecule has 0 aliphatic carbocycles. The van der Waals surface area contributed by atoms with Crippen LogP contribution >= 0.6 is 11.3 Å². The number of imide groups is 1. The highest BCUT2D eigenvalue weighted by Gasteiger charge is 2.36. The minimum Gasteiger partial charge on any atom is -0.322 e. The molecule has 1 aliphatic heterocycles. The average molecular weight is 449 g/mol. The van der Waals surface area contributed by atoms with E-state index in [1.165, 1.54) is 34.4 Å². The van der Waals surface area contributed by atoms with Crippen LogP contribution in [0.15, 0.2) is 54.0 Å². The van der Waals surface area contributed by atoms with Gasteiger partial charge < -0.3 is 5.32 Å². The van der Waals surface area contributed by atoms with E-state index in [-0.39, 0.29) is 34.8 Å². The number of benzene rings is 2. The van der Waals surface area contributed by atoms with Crippen LogP contribution in [-0.4, -0.2) is 40.1 Å². The number of thiazole rings is 1. The predicted molar refractivity (Wildman–Crippen MR) is 121 cm³/mol. The van der Waals surface area contributed by atoms with E-state index in [2.05, 4.69) is 15.6 Å². The van der Waals surface area contributed by atoms with Crippen molar-refractivity contribution >= 4 is 45.8 Å². The Bertz CT molecular complexity index is 1200. The van der Waals surface area contributed by atoms with Crippen molar-refractivity contribution in [1.82, 2.24) is 9.88 Å². The molecule has 2 heterocycles. The molecule has 2 aromatic carbocycles. The molecule has 9 heteroatoms. The summed E-state index contributed by atoms with van der Waals surface area (Å²) in [6.45, 7) is 4.18. The minimum absolute atomic E-state index is 0.145. The Hall–Kier alpha value is -3.85. The molecule has 0 saturated heterocycles. The van der Waals surface area contributed by atoms with E-state index < -0.39 is 5.91 Å². The molecule has 0 spiro atoms. The van der Waals surface area contributed by atoms with Crippen molar-refractivity contribution in [3.8, 4) is 0 Å². The van der Waals surface area contributed by atoms with Crippen LogP contribution in [0.5, 0.6) is 0 Å². The molecular weight excluding hydrogens is 428 g/mol. The van der Waals surface area contributed by atoms with Crippen LogP contribution in [0.2, 0.25) is 0 Å². The number of nitrogens with zero attached hydrogens (tertiary/aromatic N) is 2. The Kier molecular flexibility index (Phi) is 5.83. The minimum atomic E-state index is -0.421. The van der Waals surface area contributed by atoms with Crippen LogP contribution in [0, 0.1) is 5.92 Å². The van der Waals surface area contributed by atoms with Crippen molar-refractivity contribution in [1.29, 1.82) is 0 Å². The molecule has 4 rings (SSSR count). The molecule has 1 aromatic heterocycles. The molecule has 0 bridgehead atoms. The van der Waals surface area contributed by atoms with Gasteiger partial charge in [0.05, 0.1) is 11.1 Å². The first kappa shape index (κ1) is 21.4. The third kappa shape index (κ3) is 4.28. The van der Waals surface area contributed by atoms with Gasteiger partial charge in [0.15, 0.2) is 5.13 Å². The first-order valence-electron chi connectivity index (χ1n) is 9.96. The lowest BCUT2D eigenvalue weighted by Crippen LogP contribution is -2.33. The third-order valence-corrected chi connectivity index (χ3v) is 5.53. The van der Waals surface area contributed by atoms with Gasteiger partial charge in [0.2, 0.25) is 0 Å². The molecule has 0 unspecified atom stereocenters. The van der Waals surface area contributed by atoms with Crippen molar-refractivity contribution < 1.29 is 19.2 Å². The SMILES string of the molecule is CC(C)CN1C(=O)c2ccc(C(=O)Nc3ccc(C(=O)Nc4nccs4)cc3)cc2C1=O. The topological polar surface area (TPSA) is 108 Å². The zero-order valence-electron chi connectivity index (χ0n) is 17.4. The molecule has 0 fully saturated rings. The number of nitrogens with one attached hydrogen (secondary N) is 2. The molecule has 2 N–H and O–H groups in total. The largest absolute Gasteiger partial charge is 0.322 e. The van der Waals surface area contributed by atoms with Gasteiger partial charge in [0.1, 0.15) is 0 Å². The quantitative estimate of drug-likeness (QED) is 0.556. The highest BCUT2D eigenvalue weighted by molar-refractivity contribution is 7.13. The molecule has 0 atom stereocenters. The molecule has 3 aromatic rings. The number of hydrogen-bond donors (Lipinski definition) is 2. The number of anilines is 2. The smallest absolute Gasteiger partial charge is 0.261 e. The lowest BCUT2D eigenvalue weighted by Gasteiger charge is -2.15. The molecule has 1 aliphatic rings. The van der Waals surface area contributed by atoms with Crippen molar-refractivity contribution in [3.63, 3.8) is 0 Å². The first-order valence-corrected chi connectivity index (χ1v) is 10.8. The van der Waals surface area contributed by atoms with Crippen molar-refractivity contribution in [3.05, 3.63) is 76.3 Å². The van der Waals surface area contributed by atoms with E-state index in [9.17, 15) is 19.2 Å². The molecule has 0 radical (unpaired) electrons. The third-order valence-electron chi connectivity index (χ3n) is 4.84. The van der Waals surface area contributed by atoms with Crippen LogP contribution in [0.3, 0.4) is 0 Å². The van der Waals surface area contributed by atoms with Crippen LogP contribution < -0.4 is 10.6 Å². The number of carbonyl (C=O) groups excluding carboxylic acids is 4. The summed E-state index contributed by atoms with van der Waals surface area (Å²) in [6, 6.07) is 10.9. The lowest BCUT2D eigenvalue weighted by atomic mass is 10.1. The van der Waals surface area contributed by atoms with Gasteiger partial charge in [-0.1, -0.05) is 13.8 Å². The number of aromatic nitrogens is 1. The van der Waals surface area contributed by atoms with Crippen molar-refractivity contribution in [2.45, 2.75) is 13.8 Å². The second-order valence-electron chi connectivity index (χ2n) is 7.70. The van der Waals surface area contributed by atoms with Crippen LogP contribution in [-0.2, 0) is 0 Å². The average Bonchev–Trinajstić information content (AvgIpc) is 3.36. The van der Waals surface area contributed by atoms with Gasteiger partial charge in [-0.05, 0) is 48.4 Å². The predicted octanol–water partition coefficient (Wildman–Crippen LogP) is 3.90. The standard InChI is InChI=1S/C23H20N4O4S/c1-13(2)12-27-21(30)17-8-5-15(11-18(17)22(27)31)20(29)25-16-6-3-14(4-7-16)19(28)26-23-24-9-10-32-23/h3-11,13H,12H2,1-2H3,(H,25,29)(H,24,26,28). The summed E-state index contributed by atoms with van der Waals surface area (Å²) in [5, 5.41) is 7.69. The maximum atomic E-state index is 12.7. The number of amides is 4. The summed E-state index contributed by atoms with van der Waals surface area (Å²) >= 11 is 1.32. The highest BCUT2D eigenvalue weighted by Crippen LogP contribution is 2.25. The van der Waals surface area contributed by atoms with Gasteiger partial charge in [-0.2, -0.15) is 0 Å². The lowest BCUT2D eigenvalue weighted by molar-refractivity contribution is 0.0635. The van der Waals surface area contributed by atoms with Gasteiger partial charge >= 0.3 is 0 Å². The Labute approximate surface area is 188 Å². The summed E-state index contributed by atoms with van der Waals surface area (Å²) in [5.41, 5.74) is 1.72. The zero-order valence-corrected chi connectivity index (χ0v) is 18.2. The fourth-order valence-corrected chi connectivity index (χ4v) is 3.85. The molecule has 32 heavy (non-hydrogen) atoms. The second kappa shape index (κ2) is 8.72. The number of hydrogen-bond acceptors (Lipinski definition) is 6. The van der Waals surface area contributed by atoms with Crippen LogP contribution in [0.1, 0.15) is 55.3 Å². The Morgan fingerprint density at radius 2 is 1.59 bits per heavy atom. The highest BCUT2D eigenvalue weighted by atomic mass is 32.1. The number of carbonyl (C=O) groups is 4. The van der Waals surface area contributed by atoms with Gasteiger partial charge in [-0.3, -0.25) is 29.4 Å². The summed E-state index contributed by atoms with van der Waals surface area (Å²) < 4.78 is 0. The van der Waals surface area contributed by atoms with Gasteiger partial charge in [-0.15, -0.1) is 11.3 Å². The Morgan fingerprint density at radius 3 is 2.25 bits per heavy atom. The number of rotatable bonds is 6. The van der Waals surface area contributed by atoms with Crippen LogP contribution in [0.4, 0.5) is 10.8 Å². The maximum Gasteiger partial charge on any atom is 0.261 e. The van der Waals surface area contributed by atoms with Crippen molar-refractivity contribution in [2.75, 3.05) is 17.2 Å². The van der Waals surface area contributed by atoms with Gasteiger partial charge in [0, 0.05) is 34.9 Å². The van der Waals surface area contributed by atoms with E-state index in [4.69, 9.17) is 0 Å². The second-order valence-corrected chi connectivity index (χ2v) is 8.59. The van der Waals surface area contributed by atoms with E-state index in [0.717, 1.165) is 0 Å². The van der Waals surface area contributed by atoms with E-state index in [0.29, 0.717) is 28.5 Å². The van der Waals surface area contributed by atoms with E-state index >= 15 is 0 Å². The summed E-state index contributed by atoms with van der Waals surface area (Å²) in [4.78, 5) is 55.2. The molecule has 8 nitrogen and oxygen atoms in total. The number of fused-ring (bicyclic) bond motifs is 1. The van der Waals surface area contributed by atoms with E-state index in [1.54, 1.807) is 35.8 Å². The Balaban J connectivity index is 1.45. The Morgan fingerprint density at radius 1 is 0.938 bits per heavy atom. The van der Waals surface area contributed by atoms with E-state index in [1.807, 2.05) is 13.8 Å². The molecule has 4 amide bonds. The normalized spacial score (nSPS) is 12.8. The van der Waals surface area contributed by atoms with Gasteiger partial charge in [0.25, 0.3) is 23.6 Å². The fourth-order valence-electron chi connectivity index (χ4n) is 3.33. The fraction of sp³-hybridized carbons (Fsp3) is 0.174. The molecule has 0 saturated carbocycles. The maximum absolute atomic E-state index is 12.7.